The molecule has 1 N–H and O–H groups in total. The third kappa shape index (κ3) is 2.52. The Kier molecular flexibility index (Phi) is 3.74. The van der Waals surface area contributed by atoms with Crippen molar-refractivity contribution in [1.29, 1.82) is 0 Å². The summed E-state index contributed by atoms with van der Waals surface area (Å²) in [5.41, 5.74) is 2.64. The average Bonchev–Trinajstić information content (AvgIpc) is 3.02. The average molecular weight is 302 g/mol. The van der Waals surface area contributed by atoms with Crippen LogP contribution in [0.1, 0.15) is 24.4 Å². The quantitative estimate of drug-likeness (QED) is 0.919. The number of aromatic nitrogens is 4. The molecule has 1 aliphatic heterocycles. The summed E-state index contributed by atoms with van der Waals surface area (Å²) in [7, 11) is 1.88. The first-order valence-electron chi connectivity index (χ1n) is 7.51. The van der Waals surface area contributed by atoms with E-state index in [9.17, 15) is 4.79 Å². The van der Waals surface area contributed by atoms with Crippen molar-refractivity contribution in [3.8, 4) is 0 Å². The highest BCUT2D eigenvalue weighted by Gasteiger charge is 2.35. The van der Waals surface area contributed by atoms with Gasteiger partial charge in [0, 0.05) is 32.5 Å². The lowest BCUT2D eigenvalue weighted by atomic mass is 10.1. The molecule has 1 saturated heterocycles. The van der Waals surface area contributed by atoms with Gasteiger partial charge >= 0.3 is 0 Å². The van der Waals surface area contributed by atoms with Crippen LogP contribution in [0, 0.1) is 13.8 Å². The largest absolute Gasteiger partial charge is 0.322 e. The minimum absolute atomic E-state index is 0.0121. The number of hydrogen-bond donors (Lipinski definition) is 1. The van der Waals surface area contributed by atoms with Crippen LogP contribution in [0.2, 0.25) is 0 Å². The van der Waals surface area contributed by atoms with E-state index in [-0.39, 0.29) is 11.9 Å². The standard InChI is InChI=1S/C15H22N6O/c1-10-14(11(2)19(4)18-10)17-15(22)12(3)20-8-13(9-20)21-7-5-6-16-21/h5-7,12-13H,8-9H2,1-4H3,(H,17,22). The van der Waals surface area contributed by atoms with Gasteiger partial charge < -0.3 is 5.32 Å². The first kappa shape index (κ1) is 14.8. The van der Waals surface area contributed by atoms with Gasteiger partial charge in [0.2, 0.25) is 5.91 Å². The Bertz CT molecular complexity index is 669. The number of carbonyl (C=O) groups excluding carboxylic acids is 1. The van der Waals surface area contributed by atoms with Crippen molar-refractivity contribution in [2.24, 2.45) is 7.05 Å². The highest BCUT2D eigenvalue weighted by atomic mass is 16.2. The van der Waals surface area contributed by atoms with Crippen LogP contribution in [0.4, 0.5) is 5.69 Å². The first-order chi connectivity index (χ1) is 10.5. The lowest BCUT2D eigenvalue weighted by Gasteiger charge is -2.42. The summed E-state index contributed by atoms with van der Waals surface area (Å²) in [6.45, 7) is 7.50. The molecule has 22 heavy (non-hydrogen) atoms. The minimum Gasteiger partial charge on any atom is -0.322 e. The summed E-state index contributed by atoms with van der Waals surface area (Å²) in [6.07, 6.45) is 3.75. The zero-order valence-electron chi connectivity index (χ0n) is 13.4. The second kappa shape index (κ2) is 5.57. The van der Waals surface area contributed by atoms with Crippen molar-refractivity contribution in [2.45, 2.75) is 32.9 Å². The fourth-order valence-corrected chi connectivity index (χ4v) is 2.82. The molecule has 2 aromatic rings. The third-order valence-electron chi connectivity index (χ3n) is 4.47. The minimum atomic E-state index is -0.161. The Morgan fingerprint density at radius 1 is 1.41 bits per heavy atom. The van der Waals surface area contributed by atoms with E-state index < -0.39 is 0 Å². The molecule has 3 heterocycles. The van der Waals surface area contributed by atoms with Crippen LogP contribution in [0.25, 0.3) is 0 Å². The molecule has 7 nitrogen and oxygen atoms in total. The van der Waals surface area contributed by atoms with Gasteiger partial charge in [-0.3, -0.25) is 19.1 Å². The molecule has 118 valence electrons. The third-order valence-corrected chi connectivity index (χ3v) is 4.47. The van der Waals surface area contributed by atoms with Crippen LogP contribution in [0.15, 0.2) is 18.5 Å². The van der Waals surface area contributed by atoms with Crippen molar-refractivity contribution in [1.82, 2.24) is 24.5 Å². The molecule has 7 heteroatoms. The summed E-state index contributed by atoms with van der Waals surface area (Å²) in [5.74, 6) is 0.0121. The fraction of sp³-hybridized carbons (Fsp3) is 0.533. The predicted molar refractivity (Wildman–Crippen MR) is 83.6 cm³/mol. The maximum absolute atomic E-state index is 12.4. The molecule has 0 aromatic carbocycles. The summed E-state index contributed by atoms with van der Waals surface area (Å²) >= 11 is 0. The Balaban J connectivity index is 1.59. The van der Waals surface area contributed by atoms with Crippen LogP contribution in [-0.4, -0.2) is 49.5 Å². The second-order valence-corrected chi connectivity index (χ2v) is 5.93. The van der Waals surface area contributed by atoms with Gasteiger partial charge in [0.25, 0.3) is 0 Å². The zero-order valence-corrected chi connectivity index (χ0v) is 13.4. The number of likely N-dealkylation sites (tertiary alicyclic amines) is 1. The maximum Gasteiger partial charge on any atom is 0.241 e. The summed E-state index contributed by atoms with van der Waals surface area (Å²) in [6, 6.07) is 2.13. The van der Waals surface area contributed by atoms with E-state index in [0.29, 0.717) is 6.04 Å². The molecular weight excluding hydrogens is 280 g/mol. The molecule has 1 amide bonds. The number of nitrogens with one attached hydrogen (secondary N) is 1. The highest BCUT2D eigenvalue weighted by Crippen LogP contribution is 2.24. The van der Waals surface area contributed by atoms with E-state index in [4.69, 9.17) is 0 Å². The molecule has 1 fully saturated rings. The van der Waals surface area contributed by atoms with Crippen LogP contribution in [0.5, 0.6) is 0 Å². The monoisotopic (exact) mass is 302 g/mol. The molecule has 0 radical (unpaired) electrons. The van der Waals surface area contributed by atoms with Gasteiger partial charge in [-0.25, -0.2) is 0 Å². The van der Waals surface area contributed by atoms with Crippen molar-refractivity contribution in [3.63, 3.8) is 0 Å². The number of hydrogen-bond acceptors (Lipinski definition) is 4. The predicted octanol–water partition coefficient (Wildman–Crippen LogP) is 1.12. The van der Waals surface area contributed by atoms with Gasteiger partial charge in [-0.15, -0.1) is 0 Å². The van der Waals surface area contributed by atoms with Crippen LogP contribution < -0.4 is 5.32 Å². The topological polar surface area (TPSA) is 68.0 Å². The van der Waals surface area contributed by atoms with Crippen LogP contribution >= 0.6 is 0 Å². The number of anilines is 1. The number of aryl methyl sites for hydroxylation is 2. The molecule has 1 unspecified atom stereocenters. The van der Waals surface area contributed by atoms with Crippen molar-refractivity contribution >= 4 is 11.6 Å². The number of carbonyl (C=O) groups is 1. The van der Waals surface area contributed by atoms with Crippen LogP contribution in [0.3, 0.4) is 0 Å². The van der Waals surface area contributed by atoms with Crippen molar-refractivity contribution in [2.75, 3.05) is 18.4 Å². The van der Waals surface area contributed by atoms with E-state index >= 15 is 0 Å². The van der Waals surface area contributed by atoms with E-state index in [0.717, 1.165) is 30.2 Å². The maximum atomic E-state index is 12.4. The number of amides is 1. The number of nitrogens with zero attached hydrogens (tertiary/aromatic N) is 5. The normalized spacial score (nSPS) is 17.3. The zero-order chi connectivity index (χ0) is 15.9. The Morgan fingerprint density at radius 3 is 2.68 bits per heavy atom. The molecule has 2 aromatic heterocycles. The van der Waals surface area contributed by atoms with Crippen molar-refractivity contribution in [3.05, 3.63) is 29.8 Å². The Labute approximate surface area is 129 Å². The Hall–Kier alpha value is -2.15. The highest BCUT2D eigenvalue weighted by molar-refractivity contribution is 5.95. The molecule has 0 aliphatic carbocycles. The molecular formula is C15H22N6O. The summed E-state index contributed by atoms with van der Waals surface area (Å²) in [5, 5.41) is 11.6. The molecule has 1 aliphatic rings. The first-order valence-corrected chi connectivity index (χ1v) is 7.51. The van der Waals surface area contributed by atoms with Gasteiger partial charge in [-0.1, -0.05) is 0 Å². The van der Waals surface area contributed by atoms with Gasteiger partial charge in [-0.2, -0.15) is 10.2 Å². The molecule has 3 rings (SSSR count). The molecule has 0 saturated carbocycles. The molecule has 0 bridgehead atoms. The van der Waals surface area contributed by atoms with Gasteiger partial charge in [0.1, 0.15) is 0 Å². The number of rotatable bonds is 4. The van der Waals surface area contributed by atoms with E-state index in [1.54, 1.807) is 10.9 Å². The molecule has 1 atom stereocenters. The second-order valence-electron chi connectivity index (χ2n) is 5.93. The van der Waals surface area contributed by atoms with Crippen molar-refractivity contribution < 1.29 is 4.79 Å². The summed E-state index contributed by atoms with van der Waals surface area (Å²) in [4.78, 5) is 14.6. The lowest BCUT2D eigenvalue weighted by molar-refractivity contribution is -0.123. The van der Waals surface area contributed by atoms with E-state index in [2.05, 4.69) is 20.4 Å². The Morgan fingerprint density at radius 2 is 2.14 bits per heavy atom. The van der Waals surface area contributed by atoms with Crippen LogP contribution in [-0.2, 0) is 11.8 Å². The van der Waals surface area contributed by atoms with E-state index in [1.807, 2.05) is 44.8 Å². The molecule has 0 spiro atoms. The van der Waals surface area contributed by atoms with E-state index in [1.165, 1.54) is 0 Å². The summed E-state index contributed by atoms with van der Waals surface area (Å²) < 4.78 is 3.74. The lowest BCUT2D eigenvalue weighted by Crippen LogP contribution is -2.55. The SMILES string of the molecule is Cc1nn(C)c(C)c1NC(=O)C(C)N1CC(n2cccn2)C1. The smallest absolute Gasteiger partial charge is 0.241 e. The van der Waals surface area contributed by atoms with Gasteiger partial charge in [-0.05, 0) is 26.8 Å². The fourth-order valence-electron chi connectivity index (χ4n) is 2.82. The van der Waals surface area contributed by atoms with Gasteiger partial charge in [0.15, 0.2) is 0 Å². The van der Waals surface area contributed by atoms with Gasteiger partial charge in [0.05, 0.1) is 29.2 Å².